The minimum absolute atomic E-state index is 0.753. The second-order valence-corrected chi connectivity index (χ2v) is 5.39. The van der Waals surface area contributed by atoms with Crippen LogP contribution in [-0.2, 0) is 12.8 Å². The topological polar surface area (TPSA) is 29.3 Å². The molecule has 0 saturated heterocycles. The van der Waals surface area contributed by atoms with Crippen LogP contribution in [-0.4, -0.2) is 24.0 Å². The number of fused-ring (bicyclic) bond motifs is 1. The standard InChI is InChI=1S/C16H26N2.C2H6/c1-3-11-18(4-2)16-9-6-13-5-8-15(17)12-14(13)7-10-16;1-2/h5,8,12,16H,3-4,6-7,9-11,17H2,1-2H3;1-2H3. The molecule has 0 aliphatic heterocycles. The number of rotatable bonds is 4. The lowest BCUT2D eigenvalue weighted by Crippen LogP contribution is -2.36. The highest BCUT2D eigenvalue weighted by atomic mass is 15.1. The van der Waals surface area contributed by atoms with Gasteiger partial charge in [0.05, 0.1) is 0 Å². The van der Waals surface area contributed by atoms with E-state index in [1.165, 1.54) is 56.3 Å². The van der Waals surface area contributed by atoms with Gasteiger partial charge in [-0.2, -0.15) is 0 Å². The molecule has 0 fully saturated rings. The fourth-order valence-electron chi connectivity index (χ4n) is 3.16. The van der Waals surface area contributed by atoms with Crippen LogP contribution in [0.5, 0.6) is 0 Å². The van der Waals surface area contributed by atoms with E-state index in [1.807, 2.05) is 19.9 Å². The minimum atomic E-state index is 0.753. The molecule has 0 aromatic heterocycles. The van der Waals surface area contributed by atoms with Crippen molar-refractivity contribution in [3.8, 4) is 0 Å². The summed E-state index contributed by atoms with van der Waals surface area (Å²) in [7, 11) is 0. The molecule has 1 aromatic rings. The van der Waals surface area contributed by atoms with Gasteiger partial charge in [0.15, 0.2) is 0 Å². The highest BCUT2D eigenvalue weighted by Gasteiger charge is 2.20. The molecule has 2 heteroatoms. The summed E-state index contributed by atoms with van der Waals surface area (Å²) in [5.41, 5.74) is 9.79. The highest BCUT2D eigenvalue weighted by Crippen LogP contribution is 2.25. The zero-order chi connectivity index (χ0) is 15.0. The van der Waals surface area contributed by atoms with E-state index in [2.05, 4.69) is 30.9 Å². The van der Waals surface area contributed by atoms with Crippen LogP contribution in [0.15, 0.2) is 18.2 Å². The lowest BCUT2D eigenvalue weighted by atomic mass is 10.0. The van der Waals surface area contributed by atoms with Crippen molar-refractivity contribution in [3.63, 3.8) is 0 Å². The number of nitrogens with zero attached hydrogens (tertiary/aromatic N) is 1. The molecule has 0 amide bonds. The first-order chi connectivity index (χ1) is 9.74. The summed E-state index contributed by atoms with van der Waals surface area (Å²) in [6.07, 6.45) is 6.23. The Morgan fingerprint density at radius 1 is 1.10 bits per heavy atom. The number of anilines is 1. The predicted molar refractivity (Wildman–Crippen MR) is 90.2 cm³/mol. The van der Waals surface area contributed by atoms with Crippen LogP contribution in [0.3, 0.4) is 0 Å². The molecule has 0 bridgehead atoms. The minimum Gasteiger partial charge on any atom is -0.399 e. The van der Waals surface area contributed by atoms with E-state index in [1.54, 1.807) is 0 Å². The Bertz CT molecular complexity index is 387. The summed E-state index contributed by atoms with van der Waals surface area (Å²) in [6, 6.07) is 7.20. The number of nitrogen functional groups attached to an aromatic ring is 1. The summed E-state index contributed by atoms with van der Waals surface area (Å²) < 4.78 is 0. The fourth-order valence-corrected chi connectivity index (χ4v) is 3.16. The zero-order valence-electron chi connectivity index (χ0n) is 13.8. The largest absolute Gasteiger partial charge is 0.399 e. The molecule has 114 valence electrons. The second kappa shape index (κ2) is 9.02. The van der Waals surface area contributed by atoms with Gasteiger partial charge in [-0.1, -0.05) is 33.8 Å². The van der Waals surface area contributed by atoms with Gasteiger partial charge >= 0.3 is 0 Å². The van der Waals surface area contributed by atoms with Crippen molar-refractivity contribution in [2.75, 3.05) is 18.8 Å². The van der Waals surface area contributed by atoms with Crippen molar-refractivity contribution in [2.45, 2.75) is 65.8 Å². The van der Waals surface area contributed by atoms with Crippen LogP contribution in [0.2, 0.25) is 0 Å². The molecule has 1 aliphatic rings. The molecule has 1 unspecified atom stereocenters. The number of benzene rings is 1. The Balaban J connectivity index is 0.000000956. The first-order valence-electron chi connectivity index (χ1n) is 8.36. The maximum absolute atomic E-state index is 5.89. The van der Waals surface area contributed by atoms with Crippen molar-refractivity contribution in [2.24, 2.45) is 0 Å². The van der Waals surface area contributed by atoms with E-state index < -0.39 is 0 Å². The smallest absolute Gasteiger partial charge is 0.0316 e. The van der Waals surface area contributed by atoms with Crippen LogP contribution in [0.1, 0.15) is 58.1 Å². The predicted octanol–water partition coefficient (Wildman–Crippen LogP) is 4.27. The van der Waals surface area contributed by atoms with Gasteiger partial charge in [0.1, 0.15) is 0 Å². The average Bonchev–Trinajstić information content (AvgIpc) is 2.69. The first-order valence-corrected chi connectivity index (χ1v) is 8.36. The number of hydrogen-bond donors (Lipinski definition) is 1. The number of aryl methyl sites for hydroxylation is 2. The Labute approximate surface area is 125 Å². The van der Waals surface area contributed by atoms with Gasteiger partial charge in [0.2, 0.25) is 0 Å². The summed E-state index contributed by atoms with van der Waals surface area (Å²) in [5.74, 6) is 0. The Kier molecular flexibility index (Phi) is 7.68. The van der Waals surface area contributed by atoms with Crippen LogP contribution < -0.4 is 5.73 Å². The quantitative estimate of drug-likeness (QED) is 0.657. The molecule has 1 aromatic carbocycles. The van der Waals surface area contributed by atoms with E-state index >= 15 is 0 Å². The molecule has 0 saturated carbocycles. The molecular formula is C18H32N2. The van der Waals surface area contributed by atoms with Crippen molar-refractivity contribution in [3.05, 3.63) is 29.3 Å². The lowest BCUT2D eigenvalue weighted by Gasteiger charge is -2.29. The van der Waals surface area contributed by atoms with E-state index in [9.17, 15) is 0 Å². The van der Waals surface area contributed by atoms with Gasteiger partial charge in [-0.15, -0.1) is 0 Å². The highest BCUT2D eigenvalue weighted by molar-refractivity contribution is 5.45. The maximum atomic E-state index is 5.89. The van der Waals surface area contributed by atoms with Crippen LogP contribution in [0.25, 0.3) is 0 Å². The lowest BCUT2D eigenvalue weighted by molar-refractivity contribution is 0.189. The van der Waals surface area contributed by atoms with E-state index in [-0.39, 0.29) is 0 Å². The number of hydrogen-bond acceptors (Lipinski definition) is 2. The molecule has 0 heterocycles. The summed E-state index contributed by atoms with van der Waals surface area (Å²) >= 11 is 0. The second-order valence-electron chi connectivity index (χ2n) is 5.39. The van der Waals surface area contributed by atoms with Crippen molar-refractivity contribution in [1.82, 2.24) is 4.90 Å². The molecule has 2 N–H and O–H groups in total. The van der Waals surface area contributed by atoms with Gasteiger partial charge < -0.3 is 10.6 Å². The Morgan fingerprint density at radius 2 is 1.75 bits per heavy atom. The van der Waals surface area contributed by atoms with Gasteiger partial charge in [0.25, 0.3) is 0 Å². The summed E-state index contributed by atoms with van der Waals surface area (Å²) in [6.45, 7) is 11.0. The van der Waals surface area contributed by atoms with Crippen molar-refractivity contribution in [1.29, 1.82) is 0 Å². The molecule has 0 radical (unpaired) electrons. The van der Waals surface area contributed by atoms with E-state index in [0.29, 0.717) is 0 Å². The van der Waals surface area contributed by atoms with Gasteiger partial charge in [-0.3, -0.25) is 0 Å². The SMILES string of the molecule is CC.CCCN(CC)C1CCc2ccc(N)cc2CC1. The van der Waals surface area contributed by atoms with Crippen molar-refractivity contribution < 1.29 is 0 Å². The molecule has 2 nitrogen and oxygen atoms in total. The molecule has 1 atom stereocenters. The monoisotopic (exact) mass is 276 g/mol. The Hall–Kier alpha value is -1.02. The van der Waals surface area contributed by atoms with E-state index in [0.717, 1.165) is 11.7 Å². The van der Waals surface area contributed by atoms with Gasteiger partial charge in [-0.05, 0) is 68.5 Å². The third-order valence-electron chi connectivity index (χ3n) is 4.16. The Morgan fingerprint density at radius 3 is 2.35 bits per heavy atom. The average molecular weight is 276 g/mol. The third kappa shape index (κ3) is 4.52. The number of nitrogens with two attached hydrogens (primary N) is 1. The van der Waals surface area contributed by atoms with Crippen LogP contribution in [0.4, 0.5) is 5.69 Å². The van der Waals surface area contributed by atoms with E-state index in [4.69, 9.17) is 5.73 Å². The van der Waals surface area contributed by atoms with Gasteiger partial charge in [0, 0.05) is 11.7 Å². The normalized spacial score (nSPS) is 17.9. The molecule has 0 spiro atoms. The molecule has 2 rings (SSSR count). The third-order valence-corrected chi connectivity index (χ3v) is 4.16. The summed E-state index contributed by atoms with van der Waals surface area (Å²) in [5, 5.41) is 0. The molecule has 1 aliphatic carbocycles. The van der Waals surface area contributed by atoms with Gasteiger partial charge in [-0.25, -0.2) is 0 Å². The molecule has 20 heavy (non-hydrogen) atoms. The molecular weight excluding hydrogens is 244 g/mol. The van der Waals surface area contributed by atoms with Crippen molar-refractivity contribution >= 4 is 5.69 Å². The fraction of sp³-hybridized carbons (Fsp3) is 0.667. The first kappa shape index (κ1) is 17.0. The zero-order valence-corrected chi connectivity index (χ0v) is 13.8. The van der Waals surface area contributed by atoms with Crippen LogP contribution >= 0.6 is 0 Å². The summed E-state index contributed by atoms with van der Waals surface area (Å²) in [4.78, 5) is 2.65. The maximum Gasteiger partial charge on any atom is 0.0316 e. The van der Waals surface area contributed by atoms with Crippen LogP contribution in [0, 0.1) is 0 Å².